The van der Waals surface area contributed by atoms with Crippen LogP contribution in [0.25, 0.3) is 0 Å². The number of carbonyl (C=O) groups is 1. The highest BCUT2D eigenvalue weighted by Crippen LogP contribution is 2.46. The van der Waals surface area contributed by atoms with Crippen molar-refractivity contribution in [1.29, 1.82) is 0 Å². The Hall–Kier alpha value is -2.49. The zero-order chi connectivity index (χ0) is 17.3. The largest absolute Gasteiger partial charge is 0.497 e. The van der Waals surface area contributed by atoms with Gasteiger partial charge < -0.3 is 15.2 Å². The minimum absolute atomic E-state index is 0.0342. The summed E-state index contributed by atoms with van der Waals surface area (Å²) < 4.78 is 10.6. The number of ether oxygens (including phenoxy) is 2. The van der Waals surface area contributed by atoms with Gasteiger partial charge in [-0.25, -0.2) is 0 Å². The van der Waals surface area contributed by atoms with Crippen LogP contribution in [0.15, 0.2) is 36.4 Å². The minimum atomic E-state index is -0.0342. The summed E-state index contributed by atoms with van der Waals surface area (Å²) in [6.07, 6.45) is 1.89. The predicted octanol–water partition coefficient (Wildman–Crippen LogP) is 3.97. The molecule has 2 unspecified atom stereocenters. The Labute approximate surface area is 142 Å². The number of aryl methyl sites for hydroxylation is 1. The number of hydrogen-bond donors (Lipinski definition) is 1. The number of nitrogens with two attached hydrogens (primary N) is 1. The number of hydrogen-bond acceptors (Lipinski definition) is 4. The summed E-state index contributed by atoms with van der Waals surface area (Å²) in [5.41, 5.74) is 9.61. The molecule has 1 aliphatic carbocycles. The Bertz CT molecular complexity index is 769. The number of ketones is 1. The number of rotatable bonds is 5. The molecule has 1 fully saturated rings. The molecule has 1 aliphatic rings. The molecule has 2 aromatic carbocycles. The van der Waals surface area contributed by atoms with Crippen molar-refractivity contribution in [2.45, 2.75) is 25.7 Å². The molecule has 0 aliphatic heterocycles. The SMILES string of the molecule is COc1ccc(OC)c(C(=O)C2CCC2c2ccc(C)c(N)c2)c1. The van der Waals surface area contributed by atoms with Gasteiger partial charge in [0, 0.05) is 11.6 Å². The van der Waals surface area contributed by atoms with Crippen LogP contribution in [-0.2, 0) is 0 Å². The first-order chi connectivity index (χ1) is 11.5. The van der Waals surface area contributed by atoms with Gasteiger partial charge in [-0.05, 0) is 61.1 Å². The molecule has 2 aromatic rings. The lowest BCUT2D eigenvalue weighted by Gasteiger charge is -2.36. The molecule has 3 rings (SSSR count). The van der Waals surface area contributed by atoms with E-state index in [1.54, 1.807) is 32.4 Å². The monoisotopic (exact) mass is 325 g/mol. The lowest BCUT2D eigenvalue weighted by Crippen LogP contribution is -2.31. The third-order valence-electron chi connectivity index (χ3n) is 5.01. The highest BCUT2D eigenvalue weighted by atomic mass is 16.5. The minimum Gasteiger partial charge on any atom is -0.497 e. The van der Waals surface area contributed by atoms with Crippen LogP contribution in [0.5, 0.6) is 11.5 Å². The van der Waals surface area contributed by atoms with E-state index in [-0.39, 0.29) is 17.6 Å². The lowest BCUT2D eigenvalue weighted by atomic mass is 9.67. The van der Waals surface area contributed by atoms with E-state index in [0.29, 0.717) is 17.1 Å². The molecule has 0 bridgehead atoms. The van der Waals surface area contributed by atoms with Gasteiger partial charge in [-0.3, -0.25) is 4.79 Å². The Balaban J connectivity index is 1.89. The summed E-state index contributed by atoms with van der Waals surface area (Å²) in [7, 11) is 3.18. The standard InChI is InChI=1S/C20H23NO3/c1-12-4-5-13(10-18(12)21)15-7-8-16(15)20(22)17-11-14(23-2)6-9-19(17)24-3/h4-6,9-11,15-16H,7-8,21H2,1-3H3. The molecule has 2 atom stereocenters. The fraction of sp³-hybridized carbons (Fsp3) is 0.350. The van der Waals surface area contributed by atoms with Crippen molar-refractivity contribution < 1.29 is 14.3 Å². The molecule has 0 amide bonds. The highest BCUT2D eigenvalue weighted by Gasteiger charge is 2.39. The Kier molecular flexibility index (Phi) is 4.47. The first-order valence-corrected chi connectivity index (χ1v) is 8.17. The molecule has 0 radical (unpaired) electrons. The van der Waals surface area contributed by atoms with Crippen LogP contribution in [0.2, 0.25) is 0 Å². The molecule has 0 aromatic heterocycles. The number of nitrogen functional groups attached to an aromatic ring is 1. The molecule has 0 heterocycles. The van der Waals surface area contributed by atoms with Gasteiger partial charge in [0.2, 0.25) is 0 Å². The predicted molar refractivity (Wildman–Crippen MR) is 94.9 cm³/mol. The van der Waals surface area contributed by atoms with E-state index in [4.69, 9.17) is 15.2 Å². The Morgan fingerprint density at radius 2 is 1.88 bits per heavy atom. The lowest BCUT2D eigenvalue weighted by molar-refractivity contribution is 0.0815. The van der Waals surface area contributed by atoms with E-state index in [1.807, 2.05) is 19.1 Å². The maximum Gasteiger partial charge on any atom is 0.170 e. The second-order valence-corrected chi connectivity index (χ2v) is 6.34. The molecular weight excluding hydrogens is 302 g/mol. The summed E-state index contributed by atoms with van der Waals surface area (Å²) >= 11 is 0. The number of anilines is 1. The van der Waals surface area contributed by atoms with Crippen molar-refractivity contribution in [2.24, 2.45) is 5.92 Å². The van der Waals surface area contributed by atoms with Crippen LogP contribution >= 0.6 is 0 Å². The summed E-state index contributed by atoms with van der Waals surface area (Å²) in [5, 5.41) is 0. The molecule has 0 spiro atoms. The average molecular weight is 325 g/mol. The molecule has 24 heavy (non-hydrogen) atoms. The number of benzene rings is 2. The quantitative estimate of drug-likeness (QED) is 0.667. The average Bonchev–Trinajstić information content (AvgIpc) is 2.56. The molecule has 4 nitrogen and oxygen atoms in total. The van der Waals surface area contributed by atoms with Crippen LogP contribution in [0.1, 0.15) is 40.2 Å². The highest BCUT2D eigenvalue weighted by molar-refractivity contribution is 6.01. The van der Waals surface area contributed by atoms with Crippen LogP contribution in [-0.4, -0.2) is 20.0 Å². The van der Waals surface area contributed by atoms with Crippen molar-refractivity contribution in [1.82, 2.24) is 0 Å². The van der Waals surface area contributed by atoms with Crippen LogP contribution in [0, 0.1) is 12.8 Å². The van der Waals surface area contributed by atoms with Gasteiger partial charge in [0.05, 0.1) is 19.8 Å². The van der Waals surface area contributed by atoms with Crippen molar-refractivity contribution in [2.75, 3.05) is 20.0 Å². The first kappa shape index (κ1) is 16.4. The zero-order valence-electron chi connectivity index (χ0n) is 14.3. The zero-order valence-corrected chi connectivity index (χ0v) is 14.3. The molecule has 0 saturated heterocycles. The topological polar surface area (TPSA) is 61.5 Å². The Morgan fingerprint density at radius 1 is 1.08 bits per heavy atom. The fourth-order valence-corrected chi connectivity index (χ4v) is 3.31. The molecule has 1 saturated carbocycles. The third-order valence-corrected chi connectivity index (χ3v) is 5.01. The van der Waals surface area contributed by atoms with Gasteiger partial charge in [-0.2, -0.15) is 0 Å². The Morgan fingerprint density at radius 3 is 2.46 bits per heavy atom. The van der Waals surface area contributed by atoms with Gasteiger partial charge in [0.25, 0.3) is 0 Å². The maximum absolute atomic E-state index is 13.0. The van der Waals surface area contributed by atoms with Crippen molar-refractivity contribution in [3.05, 3.63) is 53.1 Å². The van der Waals surface area contributed by atoms with Crippen molar-refractivity contribution >= 4 is 11.5 Å². The molecule has 2 N–H and O–H groups in total. The van der Waals surface area contributed by atoms with E-state index in [1.165, 1.54) is 0 Å². The second-order valence-electron chi connectivity index (χ2n) is 6.34. The first-order valence-electron chi connectivity index (χ1n) is 8.17. The maximum atomic E-state index is 13.0. The van der Waals surface area contributed by atoms with Gasteiger partial charge in [0.15, 0.2) is 5.78 Å². The molecule has 4 heteroatoms. The van der Waals surface area contributed by atoms with E-state index >= 15 is 0 Å². The number of Topliss-reactive ketones (excluding diaryl/α,β-unsaturated/α-hetero) is 1. The van der Waals surface area contributed by atoms with E-state index in [9.17, 15) is 4.79 Å². The molecule has 126 valence electrons. The van der Waals surface area contributed by atoms with Crippen LogP contribution < -0.4 is 15.2 Å². The smallest absolute Gasteiger partial charge is 0.170 e. The van der Waals surface area contributed by atoms with Crippen LogP contribution in [0.4, 0.5) is 5.69 Å². The van der Waals surface area contributed by atoms with E-state index in [2.05, 4.69) is 6.07 Å². The normalized spacial score (nSPS) is 19.5. The summed E-state index contributed by atoms with van der Waals surface area (Å²) in [6.45, 7) is 1.99. The summed E-state index contributed by atoms with van der Waals surface area (Å²) in [4.78, 5) is 13.0. The fourth-order valence-electron chi connectivity index (χ4n) is 3.31. The van der Waals surface area contributed by atoms with Gasteiger partial charge >= 0.3 is 0 Å². The van der Waals surface area contributed by atoms with Crippen molar-refractivity contribution in [3.63, 3.8) is 0 Å². The summed E-state index contributed by atoms with van der Waals surface area (Å²) in [5.74, 6) is 1.55. The number of methoxy groups -OCH3 is 2. The molecular formula is C20H23NO3. The number of carbonyl (C=O) groups excluding carboxylic acids is 1. The van der Waals surface area contributed by atoms with Gasteiger partial charge in [-0.1, -0.05) is 12.1 Å². The van der Waals surface area contributed by atoms with Gasteiger partial charge in [0.1, 0.15) is 11.5 Å². The van der Waals surface area contributed by atoms with E-state index in [0.717, 1.165) is 29.7 Å². The summed E-state index contributed by atoms with van der Waals surface area (Å²) in [6, 6.07) is 11.5. The van der Waals surface area contributed by atoms with Crippen molar-refractivity contribution in [3.8, 4) is 11.5 Å². The second kappa shape index (κ2) is 6.56. The third kappa shape index (κ3) is 2.84. The van der Waals surface area contributed by atoms with E-state index < -0.39 is 0 Å². The van der Waals surface area contributed by atoms with Gasteiger partial charge in [-0.15, -0.1) is 0 Å². The van der Waals surface area contributed by atoms with Crippen LogP contribution in [0.3, 0.4) is 0 Å².